The summed E-state index contributed by atoms with van der Waals surface area (Å²) >= 11 is 0. The molecule has 5 heteroatoms. The van der Waals surface area contributed by atoms with Crippen molar-refractivity contribution in [3.63, 3.8) is 0 Å². The van der Waals surface area contributed by atoms with Crippen molar-refractivity contribution < 1.29 is 14.3 Å². The second-order valence-electron chi connectivity index (χ2n) is 7.37. The standard InChI is InChI=1S/C23H23NO4/c1-15(25)18-12-17(14-24-10-6-3-7-11-24)22(27)21-19(26)13-20(28-23(18)21)16-8-4-2-5-9-16/h2,4-5,8-9,12-13,27H,3,6-7,10-11,14H2,1H3. The number of nitrogens with zero attached hydrogens (tertiary/aromatic N) is 1. The van der Waals surface area contributed by atoms with Gasteiger partial charge in [0.2, 0.25) is 0 Å². The first-order valence-corrected chi connectivity index (χ1v) is 9.66. The first kappa shape index (κ1) is 18.4. The van der Waals surface area contributed by atoms with Crippen LogP contribution < -0.4 is 5.43 Å². The Kier molecular flexibility index (Phi) is 5.01. The molecule has 1 fully saturated rings. The Labute approximate surface area is 163 Å². The minimum Gasteiger partial charge on any atom is -0.507 e. The molecular formula is C23H23NO4. The summed E-state index contributed by atoms with van der Waals surface area (Å²) in [5.41, 5.74) is 1.47. The van der Waals surface area contributed by atoms with E-state index < -0.39 is 0 Å². The number of benzene rings is 2. The lowest BCUT2D eigenvalue weighted by molar-refractivity contribution is 0.101. The number of hydrogen-bond donors (Lipinski definition) is 1. The maximum atomic E-state index is 12.9. The molecule has 1 aliphatic heterocycles. The minimum absolute atomic E-state index is 0.0828. The summed E-state index contributed by atoms with van der Waals surface area (Å²) in [4.78, 5) is 27.4. The number of phenolic OH excluding ortho intramolecular Hbond substituents is 1. The molecule has 0 unspecified atom stereocenters. The van der Waals surface area contributed by atoms with Crippen LogP contribution >= 0.6 is 0 Å². The number of phenols is 1. The summed E-state index contributed by atoms with van der Waals surface area (Å²) in [5, 5.41) is 10.9. The van der Waals surface area contributed by atoms with Crippen LogP contribution in [-0.4, -0.2) is 28.9 Å². The number of Topliss-reactive ketones (excluding diaryl/α,β-unsaturated/α-hetero) is 1. The van der Waals surface area contributed by atoms with Gasteiger partial charge in [0.05, 0.1) is 5.56 Å². The maximum absolute atomic E-state index is 12.9. The van der Waals surface area contributed by atoms with Crippen LogP contribution in [0.4, 0.5) is 0 Å². The molecule has 2 aromatic carbocycles. The molecule has 0 saturated carbocycles. The molecule has 1 N–H and O–H groups in total. The van der Waals surface area contributed by atoms with Gasteiger partial charge in [-0.25, -0.2) is 0 Å². The van der Waals surface area contributed by atoms with E-state index in [2.05, 4.69) is 4.90 Å². The predicted molar refractivity (Wildman–Crippen MR) is 109 cm³/mol. The third kappa shape index (κ3) is 3.45. The van der Waals surface area contributed by atoms with Gasteiger partial charge in [0.1, 0.15) is 16.9 Å². The van der Waals surface area contributed by atoms with Gasteiger partial charge in [-0.3, -0.25) is 14.5 Å². The monoisotopic (exact) mass is 377 g/mol. The number of carbonyl (C=O) groups is 1. The quantitative estimate of drug-likeness (QED) is 0.684. The van der Waals surface area contributed by atoms with Crippen LogP contribution in [0.2, 0.25) is 0 Å². The predicted octanol–water partition coefficient (Wildman–Crippen LogP) is 4.35. The smallest absolute Gasteiger partial charge is 0.197 e. The van der Waals surface area contributed by atoms with Gasteiger partial charge in [0.25, 0.3) is 0 Å². The highest BCUT2D eigenvalue weighted by Gasteiger charge is 2.22. The summed E-state index contributed by atoms with van der Waals surface area (Å²) in [6, 6.07) is 12.3. The molecule has 5 nitrogen and oxygen atoms in total. The number of fused-ring (bicyclic) bond motifs is 1. The molecule has 0 bridgehead atoms. The van der Waals surface area contributed by atoms with Crippen molar-refractivity contribution in [1.82, 2.24) is 4.90 Å². The van der Waals surface area contributed by atoms with Crippen molar-refractivity contribution in [2.45, 2.75) is 32.7 Å². The summed E-state index contributed by atoms with van der Waals surface area (Å²) in [6.07, 6.45) is 3.46. The van der Waals surface area contributed by atoms with Crippen LogP contribution in [-0.2, 0) is 6.54 Å². The fraction of sp³-hybridized carbons (Fsp3) is 0.304. The second-order valence-corrected chi connectivity index (χ2v) is 7.37. The largest absolute Gasteiger partial charge is 0.507 e. The molecule has 144 valence electrons. The van der Waals surface area contributed by atoms with Crippen molar-refractivity contribution in [3.05, 3.63) is 63.8 Å². The van der Waals surface area contributed by atoms with Gasteiger partial charge < -0.3 is 9.52 Å². The molecule has 0 amide bonds. The third-order valence-corrected chi connectivity index (χ3v) is 5.33. The molecule has 0 aliphatic carbocycles. The van der Waals surface area contributed by atoms with Gasteiger partial charge in [-0.1, -0.05) is 36.8 Å². The zero-order valence-corrected chi connectivity index (χ0v) is 15.9. The van der Waals surface area contributed by atoms with Crippen molar-refractivity contribution in [2.75, 3.05) is 13.1 Å². The van der Waals surface area contributed by atoms with Gasteiger partial charge in [-0.2, -0.15) is 0 Å². The Balaban J connectivity index is 1.89. The lowest BCUT2D eigenvalue weighted by Gasteiger charge is -2.27. The van der Waals surface area contributed by atoms with Crippen LogP contribution in [0.1, 0.15) is 42.1 Å². The van der Waals surface area contributed by atoms with E-state index in [-0.39, 0.29) is 27.9 Å². The Morgan fingerprint density at radius 2 is 1.82 bits per heavy atom. The zero-order valence-electron chi connectivity index (χ0n) is 15.9. The van der Waals surface area contributed by atoms with Gasteiger partial charge >= 0.3 is 0 Å². The second kappa shape index (κ2) is 7.60. The van der Waals surface area contributed by atoms with Gasteiger partial charge in [0.15, 0.2) is 16.8 Å². The molecule has 1 aromatic heterocycles. The summed E-state index contributed by atoms with van der Waals surface area (Å²) in [5.74, 6) is 0.0981. The Morgan fingerprint density at radius 3 is 2.50 bits per heavy atom. The lowest BCUT2D eigenvalue weighted by Crippen LogP contribution is -2.29. The van der Waals surface area contributed by atoms with Crippen LogP contribution in [0, 0.1) is 0 Å². The molecule has 28 heavy (non-hydrogen) atoms. The SMILES string of the molecule is CC(=O)c1cc(CN2CCCCC2)c(O)c2c(=O)cc(-c3ccccc3)oc12. The number of hydrogen-bond acceptors (Lipinski definition) is 5. The van der Waals surface area contributed by atoms with Crippen LogP contribution in [0.15, 0.2) is 51.7 Å². The van der Waals surface area contributed by atoms with E-state index >= 15 is 0 Å². The molecular weight excluding hydrogens is 354 g/mol. The van der Waals surface area contributed by atoms with Crippen molar-refractivity contribution in [1.29, 1.82) is 0 Å². The molecule has 0 atom stereocenters. The van der Waals surface area contributed by atoms with Gasteiger partial charge in [0, 0.05) is 23.7 Å². The van der Waals surface area contributed by atoms with E-state index in [1.165, 1.54) is 19.4 Å². The zero-order chi connectivity index (χ0) is 19.7. The highest BCUT2D eigenvalue weighted by Crippen LogP contribution is 2.33. The minimum atomic E-state index is -0.347. The van der Waals surface area contributed by atoms with Crippen LogP contribution in [0.5, 0.6) is 5.75 Å². The van der Waals surface area contributed by atoms with E-state index in [4.69, 9.17) is 4.42 Å². The van der Waals surface area contributed by atoms with E-state index in [0.29, 0.717) is 23.4 Å². The molecule has 2 heterocycles. The molecule has 1 aliphatic rings. The molecule has 4 rings (SSSR count). The van der Waals surface area contributed by atoms with Crippen LogP contribution in [0.3, 0.4) is 0 Å². The fourth-order valence-corrected chi connectivity index (χ4v) is 3.86. The lowest BCUT2D eigenvalue weighted by atomic mass is 10.00. The summed E-state index contributed by atoms with van der Waals surface area (Å²) in [7, 11) is 0. The summed E-state index contributed by atoms with van der Waals surface area (Å²) in [6.45, 7) is 3.87. The molecule has 1 saturated heterocycles. The van der Waals surface area contributed by atoms with E-state index in [1.54, 1.807) is 6.07 Å². The molecule has 0 radical (unpaired) electrons. The topological polar surface area (TPSA) is 70.8 Å². The van der Waals surface area contributed by atoms with Crippen molar-refractivity contribution in [3.8, 4) is 17.1 Å². The fourth-order valence-electron chi connectivity index (χ4n) is 3.86. The Bertz CT molecular complexity index is 1080. The first-order chi connectivity index (χ1) is 13.5. The van der Waals surface area contributed by atoms with E-state index in [1.807, 2.05) is 30.3 Å². The number of piperidine rings is 1. The van der Waals surface area contributed by atoms with Gasteiger partial charge in [-0.15, -0.1) is 0 Å². The van der Waals surface area contributed by atoms with Crippen LogP contribution in [0.25, 0.3) is 22.3 Å². The average Bonchev–Trinajstić information content (AvgIpc) is 2.71. The number of aromatic hydroxyl groups is 1. The molecule has 3 aromatic rings. The third-order valence-electron chi connectivity index (χ3n) is 5.33. The first-order valence-electron chi connectivity index (χ1n) is 9.66. The normalized spacial score (nSPS) is 15.0. The highest BCUT2D eigenvalue weighted by atomic mass is 16.3. The highest BCUT2D eigenvalue weighted by molar-refractivity contribution is 6.07. The number of rotatable bonds is 4. The molecule has 0 spiro atoms. The Hall–Kier alpha value is -2.92. The van der Waals surface area contributed by atoms with Crippen molar-refractivity contribution >= 4 is 16.8 Å². The van der Waals surface area contributed by atoms with Crippen molar-refractivity contribution in [2.24, 2.45) is 0 Å². The number of carbonyl (C=O) groups excluding carboxylic acids is 1. The average molecular weight is 377 g/mol. The number of likely N-dealkylation sites (tertiary alicyclic amines) is 1. The Morgan fingerprint density at radius 1 is 1.11 bits per heavy atom. The van der Waals surface area contributed by atoms with E-state index in [9.17, 15) is 14.7 Å². The maximum Gasteiger partial charge on any atom is 0.197 e. The van der Waals surface area contributed by atoms with E-state index in [0.717, 1.165) is 31.5 Å². The number of ketones is 1. The van der Waals surface area contributed by atoms with Gasteiger partial charge in [-0.05, 0) is 38.9 Å². The summed E-state index contributed by atoms with van der Waals surface area (Å²) < 4.78 is 5.95.